The van der Waals surface area contributed by atoms with E-state index in [-0.39, 0.29) is 11.9 Å². The number of carbonyl (C=O) groups excluding carboxylic acids is 1. The Labute approximate surface area is 211 Å². The van der Waals surface area contributed by atoms with E-state index in [2.05, 4.69) is 43.0 Å². The summed E-state index contributed by atoms with van der Waals surface area (Å²) in [4.78, 5) is 38.0. The number of hydrogen-bond acceptors (Lipinski definition) is 9. The largest absolute Gasteiger partial charge is 0.480 e. The number of carboxylic acids is 1. The number of pyridine rings is 1. The number of aromatic nitrogens is 3. The van der Waals surface area contributed by atoms with Gasteiger partial charge < -0.3 is 26.0 Å². The number of unbranched alkanes of at least 4 members (excludes halogenated alkanes) is 1. The van der Waals surface area contributed by atoms with Gasteiger partial charge in [-0.2, -0.15) is 5.26 Å². The molecule has 0 radical (unpaired) electrons. The van der Waals surface area contributed by atoms with Crippen molar-refractivity contribution < 1.29 is 14.7 Å². The lowest BCUT2D eigenvalue weighted by molar-refractivity contribution is -0.138. The molecule has 11 heteroatoms. The number of nitrogens with one attached hydrogen (secondary N) is 3. The molecule has 0 aliphatic carbocycles. The van der Waals surface area contributed by atoms with E-state index in [0.717, 1.165) is 56.7 Å². The molecule has 0 saturated heterocycles. The summed E-state index contributed by atoms with van der Waals surface area (Å²) in [6.07, 6.45) is 8.01. The number of aliphatic carboxylic acids is 1. The van der Waals surface area contributed by atoms with Gasteiger partial charge in [0.2, 0.25) is 11.9 Å². The van der Waals surface area contributed by atoms with Crippen LogP contribution in [0.4, 0.5) is 11.8 Å². The zero-order valence-electron chi connectivity index (χ0n) is 20.7. The molecular weight excluding hydrogens is 460 g/mol. The van der Waals surface area contributed by atoms with Crippen molar-refractivity contribution in [3.63, 3.8) is 0 Å². The Kier molecular flexibility index (Phi) is 10.4. The molecule has 3 heterocycles. The van der Waals surface area contributed by atoms with Crippen LogP contribution in [0.1, 0.15) is 49.4 Å². The third-order valence-corrected chi connectivity index (χ3v) is 6.03. The van der Waals surface area contributed by atoms with Crippen LogP contribution < -0.4 is 16.0 Å². The van der Waals surface area contributed by atoms with E-state index in [0.29, 0.717) is 31.6 Å². The number of amides is 1. The summed E-state index contributed by atoms with van der Waals surface area (Å²) in [5, 5.41) is 27.5. The molecule has 0 fully saturated rings. The first-order valence-corrected chi connectivity index (χ1v) is 12.4. The van der Waals surface area contributed by atoms with E-state index < -0.39 is 12.0 Å². The van der Waals surface area contributed by atoms with Crippen molar-refractivity contribution in [3.05, 3.63) is 41.3 Å². The van der Waals surface area contributed by atoms with Crippen molar-refractivity contribution in [3.8, 4) is 6.07 Å². The first kappa shape index (κ1) is 26.8. The first-order valence-electron chi connectivity index (χ1n) is 12.4. The summed E-state index contributed by atoms with van der Waals surface area (Å²) >= 11 is 0. The summed E-state index contributed by atoms with van der Waals surface area (Å²) < 4.78 is 0. The third kappa shape index (κ3) is 8.78. The minimum absolute atomic E-state index is 0.0925. The zero-order chi connectivity index (χ0) is 25.8. The number of nitrogens with zero attached hydrogens (tertiary/aromatic N) is 5. The molecule has 0 saturated carbocycles. The smallest absolute Gasteiger partial charge is 0.326 e. The van der Waals surface area contributed by atoms with Crippen molar-refractivity contribution in [1.29, 1.82) is 5.26 Å². The van der Waals surface area contributed by atoms with Gasteiger partial charge in [0.05, 0.1) is 18.0 Å². The molecule has 192 valence electrons. The van der Waals surface area contributed by atoms with Crippen molar-refractivity contribution in [2.24, 2.45) is 0 Å². The molecule has 0 bridgehead atoms. The van der Waals surface area contributed by atoms with Crippen LogP contribution in [0, 0.1) is 11.3 Å². The average Bonchev–Trinajstić information content (AvgIpc) is 2.88. The van der Waals surface area contributed by atoms with Gasteiger partial charge in [0.15, 0.2) is 0 Å². The van der Waals surface area contributed by atoms with E-state index >= 15 is 0 Å². The number of fused-ring (bicyclic) bond motifs is 1. The molecule has 0 unspecified atom stereocenters. The Morgan fingerprint density at radius 1 is 1.22 bits per heavy atom. The van der Waals surface area contributed by atoms with Crippen molar-refractivity contribution in [1.82, 2.24) is 25.2 Å². The van der Waals surface area contributed by atoms with Gasteiger partial charge in [-0.1, -0.05) is 6.07 Å². The summed E-state index contributed by atoms with van der Waals surface area (Å²) in [7, 11) is 0. The number of aryl methyl sites for hydroxylation is 2. The molecule has 0 aromatic carbocycles. The number of carboxylic acid groups (broad SMARTS) is 1. The summed E-state index contributed by atoms with van der Waals surface area (Å²) in [6.45, 7) is 4.88. The minimum atomic E-state index is -1.00. The van der Waals surface area contributed by atoms with Gasteiger partial charge in [-0.3, -0.25) is 4.79 Å². The van der Waals surface area contributed by atoms with Crippen LogP contribution in [-0.2, 0) is 22.4 Å². The Bertz CT molecular complexity index is 1050. The fourth-order valence-corrected chi connectivity index (χ4v) is 4.06. The van der Waals surface area contributed by atoms with E-state index in [9.17, 15) is 14.7 Å². The number of rotatable bonds is 14. The number of carbonyl (C=O) groups is 2. The van der Waals surface area contributed by atoms with Gasteiger partial charge in [-0.05, 0) is 56.7 Å². The van der Waals surface area contributed by atoms with Crippen molar-refractivity contribution in [2.75, 3.05) is 43.4 Å². The maximum atomic E-state index is 11.8. The summed E-state index contributed by atoms with van der Waals surface area (Å²) in [5.41, 5.74) is 2.66. The molecule has 36 heavy (non-hydrogen) atoms. The van der Waals surface area contributed by atoms with Gasteiger partial charge in [0.1, 0.15) is 17.9 Å². The minimum Gasteiger partial charge on any atom is -0.480 e. The maximum Gasteiger partial charge on any atom is 0.326 e. The Morgan fingerprint density at radius 3 is 2.75 bits per heavy atom. The third-order valence-electron chi connectivity index (χ3n) is 6.03. The maximum absolute atomic E-state index is 11.8. The van der Waals surface area contributed by atoms with Crippen LogP contribution in [0.2, 0.25) is 0 Å². The highest BCUT2D eigenvalue weighted by molar-refractivity contribution is 5.76. The highest BCUT2D eigenvalue weighted by Gasteiger charge is 2.20. The molecular formula is C25H34N8O3. The standard InChI is InChI=1S/C25H34N8O3/c1-18(34)27-11-14-33(12-3-2-6-21-8-7-20-5-4-10-28-23(20)31-21)13-9-22(24(35)36)32-25-29-16-19(15-26)17-30-25/h7-8,16-17,22H,2-6,9-14H2,1H3,(H,27,34)(H,28,31)(H,35,36)(H,29,30,32)/t22-/m0/s1. The normalized spacial score (nSPS) is 13.2. The first-order chi connectivity index (χ1) is 17.4. The lowest BCUT2D eigenvalue weighted by Gasteiger charge is -2.24. The van der Waals surface area contributed by atoms with Gasteiger partial charge in [-0.25, -0.2) is 19.7 Å². The zero-order valence-corrected chi connectivity index (χ0v) is 20.7. The topological polar surface area (TPSA) is 156 Å². The van der Waals surface area contributed by atoms with Crippen molar-refractivity contribution >= 4 is 23.6 Å². The molecule has 1 atom stereocenters. The molecule has 3 rings (SSSR count). The molecule has 11 nitrogen and oxygen atoms in total. The second-order valence-electron chi connectivity index (χ2n) is 8.85. The van der Waals surface area contributed by atoms with E-state index in [1.165, 1.54) is 24.9 Å². The lowest BCUT2D eigenvalue weighted by atomic mass is 10.1. The Balaban J connectivity index is 1.50. The van der Waals surface area contributed by atoms with Crippen LogP contribution in [0.3, 0.4) is 0 Å². The van der Waals surface area contributed by atoms with Crippen LogP contribution in [0.15, 0.2) is 24.5 Å². The fourth-order valence-electron chi connectivity index (χ4n) is 4.06. The Hall–Kier alpha value is -3.78. The van der Waals surface area contributed by atoms with Gasteiger partial charge in [0.25, 0.3) is 0 Å². The fraction of sp³-hybridized carbons (Fsp3) is 0.520. The number of anilines is 2. The predicted molar refractivity (Wildman–Crippen MR) is 136 cm³/mol. The second-order valence-corrected chi connectivity index (χ2v) is 8.85. The van der Waals surface area contributed by atoms with E-state index in [1.807, 2.05) is 6.07 Å². The number of hydrogen-bond donors (Lipinski definition) is 4. The average molecular weight is 495 g/mol. The van der Waals surface area contributed by atoms with Crippen molar-refractivity contribution in [2.45, 2.75) is 51.5 Å². The van der Waals surface area contributed by atoms with Gasteiger partial charge in [0, 0.05) is 38.8 Å². The highest BCUT2D eigenvalue weighted by atomic mass is 16.4. The summed E-state index contributed by atoms with van der Waals surface area (Å²) in [5.74, 6) is 0.0781. The number of nitriles is 1. The van der Waals surface area contributed by atoms with E-state index in [1.54, 1.807) is 0 Å². The molecule has 1 aliphatic heterocycles. The van der Waals surface area contributed by atoms with Crippen LogP contribution >= 0.6 is 0 Å². The van der Waals surface area contributed by atoms with Crippen LogP contribution in [0.5, 0.6) is 0 Å². The molecule has 1 amide bonds. The van der Waals surface area contributed by atoms with Gasteiger partial charge in [-0.15, -0.1) is 0 Å². The predicted octanol–water partition coefficient (Wildman–Crippen LogP) is 1.82. The molecule has 2 aromatic heterocycles. The summed E-state index contributed by atoms with van der Waals surface area (Å²) in [6, 6.07) is 5.32. The molecule has 4 N–H and O–H groups in total. The van der Waals surface area contributed by atoms with Crippen LogP contribution in [-0.4, -0.2) is 75.6 Å². The van der Waals surface area contributed by atoms with Crippen LogP contribution in [0.25, 0.3) is 0 Å². The lowest BCUT2D eigenvalue weighted by Crippen LogP contribution is -2.39. The molecule has 1 aliphatic rings. The Morgan fingerprint density at radius 2 is 2.03 bits per heavy atom. The quantitative estimate of drug-likeness (QED) is 0.286. The van der Waals surface area contributed by atoms with E-state index in [4.69, 9.17) is 10.2 Å². The highest BCUT2D eigenvalue weighted by Crippen LogP contribution is 2.20. The van der Waals surface area contributed by atoms with Gasteiger partial charge >= 0.3 is 5.97 Å². The SMILES string of the molecule is CC(=O)NCCN(CCCCc1ccc2c(n1)NCCC2)CC[C@H](Nc1ncc(C#N)cn1)C(=O)O. The molecule has 2 aromatic rings. The molecule has 0 spiro atoms. The second kappa shape index (κ2) is 13.9. The monoisotopic (exact) mass is 494 g/mol.